The first kappa shape index (κ1) is 17.2. The Morgan fingerprint density at radius 2 is 1.82 bits per heavy atom. The van der Waals surface area contributed by atoms with Crippen molar-refractivity contribution in [1.29, 1.82) is 0 Å². The molecule has 0 amide bonds. The van der Waals surface area contributed by atoms with E-state index in [1.807, 2.05) is 31.2 Å². The second kappa shape index (κ2) is 8.48. The topological polar surface area (TPSA) is 37.0 Å². The van der Waals surface area contributed by atoms with Crippen molar-refractivity contribution in [2.75, 3.05) is 40.3 Å². The SMILES string of the molecule is C[C@@H]1CN(CCOc2ccc(CNN(C)C)cc2)C[C@H](C)O1. The van der Waals surface area contributed by atoms with Gasteiger partial charge in [-0.05, 0) is 31.5 Å². The summed E-state index contributed by atoms with van der Waals surface area (Å²) in [6.45, 7) is 8.73. The lowest BCUT2D eigenvalue weighted by Gasteiger charge is -2.35. The van der Waals surface area contributed by atoms with Crippen LogP contribution in [-0.4, -0.2) is 62.5 Å². The second-order valence-electron chi connectivity index (χ2n) is 6.24. The van der Waals surface area contributed by atoms with Crippen LogP contribution in [0, 0.1) is 0 Å². The third kappa shape index (κ3) is 5.93. The quantitative estimate of drug-likeness (QED) is 0.777. The molecule has 1 N–H and O–H groups in total. The summed E-state index contributed by atoms with van der Waals surface area (Å²) in [7, 11) is 3.98. The van der Waals surface area contributed by atoms with Crippen LogP contribution in [0.25, 0.3) is 0 Å². The Kier molecular flexibility index (Phi) is 6.64. The first-order chi connectivity index (χ1) is 10.5. The highest BCUT2D eigenvalue weighted by Crippen LogP contribution is 2.13. The fourth-order valence-corrected chi connectivity index (χ4v) is 2.71. The summed E-state index contributed by atoms with van der Waals surface area (Å²) in [6, 6.07) is 8.28. The molecule has 0 saturated carbocycles. The molecule has 1 aliphatic heterocycles. The van der Waals surface area contributed by atoms with E-state index in [2.05, 4.69) is 36.3 Å². The van der Waals surface area contributed by atoms with Crippen LogP contribution in [-0.2, 0) is 11.3 Å². The molecule has 0 aliphatic carbocycles. The van der Waals surface area contributed by atoms with Crippen LogP contribution in [0.5, 0.6) is 5.75 Å². The van der Waals surface area contributed by atoms with E-state index in [1.54, 1.807) is 0 Å². The predicted molar refractivity (Wildman–Crippen MR) is 88.9 cm³/mol. The minimum Gasteiger partial charge on any atom is -0.492 e. The van der Waals surface area contributed by atoms with E-state index in [4.69, 9.17) is 9.47 Å². The number of rotatable bonds is 7. The molecule has 2 rings (SSSR count). The minimum absolute atomic E-state index is 0.312. The van der Waals surface area contributed by atoms with Crippen LogP contribution in [0.15, 0.2) is 24.3 Å². The summed E-state index contributed by atoms with van der Waals surface area (Å²) in [5.41, 5.74) is 4.50. The van der Waals surface area contributed by atoms with Crippen LogP contribution in [0.3, 0.4) is 0 Å². The molecular weight excluding hydrogens is 278 g/mol. The fraction of sp³-hybridized carbons (Fsp3) is 0.647. The molecule has 2 atom stereocenters. The smallest absolute Gasteiger partial charge is 0.119 e. The van der Waals surface area contributed by atoms with Crippen LogP contribution in [0.4, 0.5) is 0 Å². The summed E-state index contributed by atoms with van der Waals surface area (Å²) < 4.78 is 11.6. The number of hydrogen-bond donors (Lipinski definition) is 1. The van der Waals surface area contributed by atoms with Gasteiger partial charge < -0.3 is 9.47 Å². The molecule has 1 heterocycles. The molecular formula is C17H29N3O2. The zero-order chi connectivity index (χ0) is 15.9. The van der Waals surface area contributed by atoms with Crippen molar-refractivity contribution in [2.24, 2.45) is 0 Å². The summed E-state index contributed by atoms with van der Waals surface area (Å²) in [4.78, 5) is 2.41. The van der Waals surface area contributed by atoms with E-state index in [0.29, 0.717) is 18.8 Å². The highest BCUT2D eigenvalue weighted by atomic mass is 16.5. The van der Waals surface area contributed by atoms with Crippen molar-refractivity contribution in [3.05, 3.63) is 29.8 Å². The Morgan fingerprint density at radius 1 is 1.18 bits per heavy atom. The Morgan fingerprint density at radius 3 is 2.41 bits per heavy atom. The molecule has 1 aliphatic rings. The average Bonchev–Trinajstić information content (AvgIpc) is 2.45. The molecule has 1 fully saturated rings. The lowest BCUT2D eigenvalue weighted by atomic mass is 10.2. The summed E-state index contributed by atoms with van der Waals surface area (Å²) in [5.74, 6) is 0.933. The van der Waals surface area contributed by atoms with Gasteiger partial charge in [0.25, 0.3) is 0 Å². The molecule has 0 radical (unpaired) electrons. The Labute approximate surface area is 134 Å². The molecule has 5 nitrogen and oxygen atoms in total. The number of nitrogens with one attached hydrogen (secondary N) is 1. The van der Waals surface area contributed by atoms with Crippen molar-refractivity contribution in [2.45, 2.75) is 32.6 Å². The maximum Gasteiger partial charge on any atom is 0.119 e. The first-order valence-electron chi connectivity index (χ1n) is 8.03. The van der Waals surface area contributed by atoms with Crippen molar-refractivity contribution in [3.63, 3.8) is 0 Å². The molecule has 1 aromatic rings. The van der Waals surface area contributed by atoms with Crippen molar-refractivity contribution < 1.29 is 9.47 Å². The maximum absolute atomic E-state index is 5.85. The Bertz CT molecular complexity index is 426. The van der Waals surface area contributed by atoms with Gasteiger partial charge in [-0.25, -0.2) is 0 Å². The first-order valence-corrected chi connectivity index (χ1v) is 8.03. The number of hydrazine groups is 1. The molecule has 1 aromatic carbocycles. The van der Waals surface area contributed by atoms with Gasteiger partial charge in [-0.1, -0.05) is 12.1 Å². The fourth-order valence-electron chi connectivity index (χ4n) is 2.71. The molecule has 5 heteroatoms. The van der Waals surface area contributed by atoms with Crippen LogP contribution >= 0.6 is 0 Å². The molecule has 0 aromatic heterocycles. The lowest BCUT2D eigenvalue weighted by Crippen LogP contribution is -2.46. The van der Waals surface area contributed by atoms with Crippen molar-refractivity contribution in [3.8, 4) is 5.75 Å². The van der Waals surface area contributed by atoms with E-state index >= 15 is 0 Å². The molecule has 1 saturated heterocycles. The van der Waals surface area contributed by atoms with Gasteiger partial charge in [-0.2, -0.15) is 0 Å². The van der Waals surface area contributed by atoms with Crippen LogP contribution in [0.1, 0.15) is 19.4 Å². The Balaban J connectivity index is 1.70. The monoisotopic (exact) mass is 307 g/mol. The van der Waals surface area contributed by atoms with E-state index in [1.165, 1.54) is 5.56 Å². The molecule has 22 heavy (non-hydrogen) atoms. The molecule has 0 bridgehead atoms. The summed E-state index contributed by atoms with van der Waals surface area (Å²) in [6.07, 6.45) is 0.625. The summed E-state index contributed by atoms with van der Waals surface area (Å²) >= 11 is 0. The van der Waals surface area contributed by atoms with Gasteiger partial charge in [0.15, 0.2) is 0 Å². The third-order valence-electron chi connectivity index (χ3n) is 3.69. The van der Waals surface area contributed by atoms with Gasteiger partial charge in [0, 0.05) is 40.3 Å². The second-order valence-corrected chi connectivity index (χ2v) is 6.24. The highest BCUT2D eigenvalue weighted by molar-refractivity contribution is 5.27. The molecule has 0 spiro atoms. The van der Waals surface area contributed by atoms with Gasteiger partial charge >= 0.3 is 0 Å². The van der Waals surface area contributed by atoms with Crippen molar-refractivity contribution >= 4 is 0 Å². The zero-order valence-electron chi connectivity index (χ0n) is 14.2. The van der Waals surface area contributed by atoms with Gasteiger partial charge in [0.1, 0.15) is 12.4 Å². The number of morpholine rings is 1. The number of benzene rings is 1. The van der Waals surface area contributed by atoms with Gasteiger partial charge in [-0.15, -0.1) is 0 Å². The number of ether oxygens (including phenoxy) is 2. The van der Waals surface area contributed by atoms with E-state index < -0.39 is 0 Å². The van der Waals surface area contributed by atoms with E-state index in [0.717, 1.165) is 31.9 Å². The highest BCUT2D eigenvalue weighted by Gasteiger charge is 2.21. The average molecular weight is 307 g/mol. The van der Waals surface area contributed by atoms with Gasteiger partial charge in [0.2, 0.25) is 0 Å². The van der Waals surface area contributed by atoms with Crippen LogP contribution < -0.4 is 10.2 Å². The van der Waals surface area contributed by atoms with E-state index in [9.17, 15) is 0 Å². The van der Waals surface area contributed by atoms with E-state index in [-0.39, 0.29) is 0 Å². The number of nitrogens with zero attached hydrogens (tertiary/aromatic N) is 2. The largest absolute Gasteiger partial charge is 0.492 e. The minimum atomic E-state index is 0.312. The number of hydrogen-bond acceptors (Lipinski definition) is 5. The zero-order valence-corrected chi connectivity index (χ0v) is 14.2. The summed E-state index contributed by atoms with van der Waals surface area (Å²) in [5, 5.41) is 1.95. The normalized spacial score (nSPS) is 23.0. The van der Waals surface area contributed by atoms with Gasteiger partial charge in [-0.3, -0.25) is 15.3 Å². The third-order valence-corrected chi connectivity index (χ3v) is 3.69. The Hall–Kier alpha value is -1.14. The predicted octanol–water partition coefficient (Wildman–Crippen LogP) is 1.74. The van der Waals surface area contributed by atoms with Gasteiger partial charge in [0.05, 0.1) is 12.2 Å². The molecule has 0 unspecified atom stereocenters. The standard InChI is InChI=1S/C17H29N3O2/c1-14-12-20(13-15(2)22-14)9-10-21-17-7-5-16(6-8-17)11-18-19(3)4/h5-8,14-15,18H,9-13H2,1-4H3/t14-,15+. The van der Waals surface area contributed by atoms with Crippen molar-refractivity contribution in [1.82, 2.24) is 15.3 Å². The van der Waals surface area contributed by atoms with Crippen LogP contribution in [0.2, 0.25) is 0 Å². The molecule has 124 valence electrons. The lowest BCUT2D eigenvalue weighted by molar-refractivity contribution is -0.0699. The maximum atomic E-state index is 5.85.